The molecular weight excluding hydrogens is 236 g/mol. The molecule has 2 rings (SSSR count). The van der Waals surface area contributed by atoms with Gasteiger partial charge >= 0.3 is 6.03 Å². The maximum Gasteiger partial charge on any atom is 0.322 e. The number of ether oxygens (including phenoxy) is 2. The quantitative estimate of drug-likeness (QED) is 0.770. The van der Waals surface area contributed by atoms with Crippen LogP contribution in [0.15, 0.2) is 24.3 Å². The molecule has 2 N–H and O–H groups in total. The van der Waals surface area contributed by atoms with Gasteiger partial charge in [-0.3, -0.25) is 10.1 Å². The zero-order valence-corrected chi connectivity index (χ0v) is 10.1. The van der Waals surface area contributed by atoms with Gasteiger partial charge in [-0.15, -0.1) is 0 Å². The first kappa shape index (κ1) is 12.2. The Balaban J connectivity index is 2.07. The number of amides is 3. The van der Waals surface area contributed by atoms with Gasteiger partial charge in [-0.05, 0) is 19.1 Å². The molecule has 6 heteroatoms. The minimum atomic E-state index is -1.06. The number of nitrogens with one attached hydrogen (secondary N) is 2. The summed E-state index contributed by atoms with van der Waals surface area (Å²) in [7, 11) is 1.54. The molecule has 6 nitrogen and oxygen atoms in total. The average Bonchev–Trinajstić information content (AvgIpc) is 2.61. The van der Waals surface area contributed by atoms with Gasteiger partial charge in [0.2, 0.25) is 0 Å². The van der Waals surface area contributed by atoms with Crippen LogP contribution in [0.25, 0.3) is 0 Å². The Morgan fingerprint density at radius 3 is 2.44 bits per heavy atom. The highest BCUT2D eigenvalue weighted by molar-refractivity contribution is 6.06. The largest absolute Gasteiger partial charge is 0.493 e. The van der Waals surface area contributed by atoms with Gasteiger partial charge in [0.15, 0.2) is 17.0 Å². The molecule has 0 aliphatic carbocycles. The number of benzene rings is 1. The second kappa shape index (κ2) is 4.56. The lowest BCUT2D eigenvalue weighted by molar-refractivity contribution is -0.124. The number of urea groups is 1. The number of carbonyl (C=O) groups is 2. The number of para-hydroxylation sites is 2. The van der Waals surface area contributed by atoms with E-state index in [0.717, 1.165) is 0 Å². The van der Waals surface area contributed by atoms with Gasteiger partial charge in [0, 0.05) is 0 Å². The number of hydrogen-bond donors (Lipinski definition) is 2. The summed E-state index contributed by atoms with van der Waals surface area (Å²) in [6.45, 7) is 1.63. The summed E-state index contributed by atoms with van der Waals surface area (Å²) in [6.07, 6.45) is 0. The van der Waals surface area contributed by atoms with E-state index in [9.17, 15) is 9.59 Å². The average molecular weight is 250 g/mol. The molecule has 0 aromatic heterocycles. The zero-order valence-electron chi connectivity index (χ0n) is 10.1. The van der Waals surface area contributed by atoms with Gasteiger partial charge in [0.05, 0.1) is 7.11 Å². The highest BCUT2D eigenvalue weighted by Gasteiger charge is 2.42. The molecular formula is C12H14N2O4. The first-order valence-corrected chi connectivity index (χ1v) is 5.44. The van der Waals surface area contributed by atoms with Crippen LogP contribution in [0.1, 0.15) is 6.92 Å². The van der Waals surface area contributed by atoms with Crippen molar-refractivity contribution in [1.29, 1.82) is 0 Å². The fourth-order valence-corrected chi connectivity index (χ4v) is 1.64. The second-order valence-corrected chi connectivity index (χ2v) is 4.18. The van der Waals surface area contributed by atoms with E-state index in [1.165, 1.54) is 7.11 Å². The van der Waals surface area contributed by atoms with Crippen molar-refractivity contribution in [2.75, 3.05) is 13.7 Å². The Hall–Kier alpha value is -2.24. The number of carbonyl (C=O) groups excluding carboxylic acids is 2. The molecule has 1 unspecified atom stereocenters. The Bertz CT molecular complexity index is 489. The van der Waals surface area contributed by atoms with Crippen molar-refractivity contribution in [1.82, 2.24) is 10.6 Å². The standard InChI is InChI=1S/C12H14N2O4/c1-12(10(15)13-11(16)14-12)7-18-9-6-4-3-5-8(9)17-2/h3-6H,7H2,1-2H3,(H2,13,14,15,16). The molecule has 1 aromatic carbocycles. The minimum Gasteiger partial charge on any atom is -0.493 e. The lowest BCUT2D eigenvalue weighted by Gasteiger charge is -2.21. The van der Waals surface area contributed by atoms with E-state index < -0.39 is 17.5 Å². The van der Waals surface area contributed by atoms with E-state index in [1.807, 2.05) is 6.07 Å². The molecule has 1 atom stereocenters. The van der Waals surface area contributed by atoms with Gasteiger partial charge in [0.1, 0.15) is 6.61 Å². The molecule has 1 aromatic rings. The summed E-state index contributed by atoms with van der Waals surface area (Å²) in [5.74, 6) is 0.698. The summed E-state index contributed by atoms with van der Waals surface area (Å²) in [5.41, 5.74) is -1.06. The third-order valence-electron chi connectivity index (χ3n) is 2.70. The molecule has 18 heavy (non-hydrogen) atoms. The monoisotopic (exact) mass is 250 g/mol. The smallest absolute Gasteiger partial charge is 0.322 e. The zero-order chi connectivity index (χ0) is 13.2. The van der Waals surface area contributed by atoms with Gasteiger partial charge in [-0.1, -0.05) is 12.1 Å². The normalized spacial score (nSPS) is 22.3. The summed E-state index contributed by atoms with van der Waals surface area (Å²) >= 11 is 0. The maximum atomic E-state index is 11.6. The molecule has 1 saturated heterocycles. The Labute approximate surface area is 104 Å². The molecule has 3 amide bonds. The molecule has 0 saturated carbocycles. The highest BCUT2D eigenvalue weighted by Crippen LogP contribution is 2.26. The van der Waals surface area contributed by atoms with E-state index in [1.54, 1.807) is 25.1 Å². The molecule has 96 valence electrons. The Morgan fingerprint density at radius 2 is 1.89 bits per heavy atom. The number of imide groups is 1. The van der Waals surface area contributed by atoms with Crippen LogP contribution in [-0.2, 0) is 4.79 Å². The number of rotatable bonds is 4. The van der Waals surface area contributed by atoms with Crippen LogP contribution in [0.2, 0.25) is 0 Å². The van der Waals surface area contributed by atoms with Crippen molar-refractivity contribution in [2.45, 2.75) is 12.5 Å². The summed E-state index contributed by atoms with van der Waals surface area (Å²) in [5, 5.41) is 4.69. The Morgan fingerprint density at radius 1 is 1.22 bits per heavy atom. The maximum absolute atomic E-state index is 11.6. The Kier molecular flexibility index (Phi) is 3.10. The third kappa shape index (κ3) is 2.22. The van der Waals surface area contributed by atoms with Crippen molar-refractivity contribution in [3.63, 3.8) is 0 Å². The molecule has 0 bridgehead atoms. The van der Waals surface area contributed by atoms with Crippen LogP contribution in [0, 0.1) is 0 Å². The van der Waals surface area contributed by atoms with Crippen LogP contribution >= 0.6 is 0 Å². The summed E-state index contributed by atoms with van der Waals surface area (Å²) < 4.78 is 10.7. The van der Waals surface area contributed by atoms with Gasteiger partial charge in [0.25, 0.3) is 5.91 Å². The van der Waals surface area contributed by atoms with Crippen LogP contribution < -0.4 is 20.1 Å². The van der Waals surface area contributed by atoms with Crippen molar-refractivity contribution in [3.05, 3.63) is 24.3 Å². The third-order valence-corrected chi connectivity index (χ3v) is 2.70. The lowest BCUT2D eigenvalue weighted by Crippen LogP contribution is -2.48. The van der Waals surface area contributed by atoms with Gasteiger partial charge in [-0.25, -0.2) is 4.79 Å². The van der Waals surface area contributed by atoms with Crippen molar-refractivity contribution < 1.29 is 19.1 Å². The van der Waals surface area contributed by atoms with Crippen LogP contribution in [0.4, 0.5) is 4.79 Å². The fraction of sp³-hybridized carbons (Fsp3) is 0.333. The molecule has 0 radical (unpaired) electrons. The highest BCUT2D eigenvalue weighted by atomic mass is 16.5. The molecule has 1 aliphatic heterocycles. The number of hydrogen-bond acceptors (Lipinski definition) is 4. The fourth-order valence-electron chi connectivity index (χ4n) is 1.64. The predicted octanol–water partition coefficient (Wildman–Crippen LogP) is 0.672. The summed E-state index contributed by atoms with van der Waals surface area (Å²) in [4.78, 5) is 22.7. The molecule has 1 heterocycles. The van der Waals surface area contributed by atoms with Gasteiger partial charge in [-0.2, -0.15) is 0 Å². The topological polar surface area (TPSA) is 76.7 Å². The van der Waals surface area contributed by atoms with Crippen LogP contribution in [0.5, 0.6) is 11.5 Å². The van der Waals surface area contributed by atoms with E-state index in [2.05, 4.69) is 10.6 Å². The van der Waals surface area contributed by atoms with Crippen molar-refractivity contribution >= 4 is 11.9 Å². The molecule has 0 spiro atoms. The first-order chi connectivity index (χ1) is 8.55. The molecule has 1 aliphatic rings. The van der Waals surface area contributed by atoms with Crippen LogP contribution in [0.3, 0.4) is 0 Å². The van der Waals surface area contributed by atoms with E-state index in [4.69, 9.17) is 9.47 Å². The van der Waals surface area contributed by atoms with E-state index in [-0.39, 0.29) is 6.61 Å². The predicted molar refractivity (Wildman–Crippen MR) is 63.6 cm³/mol. The lowest BCUT2D eigenvalue weighted by atomic mass is 10.1. The van der Waals surface area contributed by atoms with E-state index >= 15 is 0 Å². The SMILES string of the molecule is COc1ccccc1OCC1(C)NC(=O)NC1=O. The first-order valence-electron chi connectivity index (χ1n) is 5.44. The van der Waals surface area contributed by atoms with Crippen molar-refractivity contribution in [3.8, 4) is 11.5 Å². The van der Waals surface area contributed by atoms with Crippen molar-refractivity contribution in [2.24, 2.45) is 0 Å². The van der Waals surface area contributed by atoms with E-state index in [0.29, 0.717) is 11.5 Å². The molecule has 1 fully saturated rings. The van der Waals surface area contributed by atoms with Crippen LogP contribution in [-0.4, -0.2) is 31.2 Å². The summed E-state index contributed by atoms with van der Waals surface area (Å²) in [6, 6.07) is 6.60. The number of methoxy groups -OCH3 is 1. The van der Waals surface area contributed by atoms with Gasteiger partial charge < -0.3 is 14.8 Å². The minimum absolute atomic E-state index is 0.0327. The second-order valence-electron chi connectivity index (χ2n) is 4.18.